The number of ether oxygens (including phenoxy) is 2. The molecule has 1 aliphatic rings. The third-order valence-corrected chi connectivity index (χ3v) is 32.3. The van der Waals surface area contributed by atoms with Crippen LogP contribution < -0.4 is 118 Å². The van der Waals surface area contributed by atoms with E-state index in [1.165, 1.54) is 104 Å². The zero-order chi connectivity index (χ0) is 83.2. The van der Waals surface area contributed by atoms with Gasteiger partial charge in [0.05, 0.1) is 5.56 Å². The van der Waals surface area contributed by atoms with Gasteiger partial charge in [-0.25, -0.2) is 0 Å². The maximum absolute atomic E-state index is 14.7. The van der Waals surface area contributed by atoms with Crippen molar-refractivity contribution >= 4 is 163 Å². The van der Waals surface area contributed by atoms with Gasteiger partial charge in [0, 0.05) is 211 Å². The van der Waals surface area contributed by atoms with Crippen LogP contribution in [0.5, 0.6) is 69.0 Å². The summed E-state index contributed by atoms with van der Waals surface area (Å²) in [4.78, 5) is 48.7. The molecule has 12 rings (SSSR count). The SMILES string of the molecule is C.C=C(C)/C=C/c1cc2cc(-c3cc(O)cc(O)c3)oc2cc1O.C=C(C)/C=C/c1cc2cc(-c3cc(OC(C)=O)cc(OC(C)=O)c3)oc2cc1C.CC(C)=CCc1c(O)ccc(C(=O)[C@H]2[C@@H](c3cc4cc(-c5cc(O)cc(O)c5)oc4cc3O)C=C(C)C[C@@H]2c2ccc(O)cc2O)c1O.O=CO[O-].S=S=S=S=S=S=S=S=S=S.[H-].[K+].[K+]. The molecule has 0 spiro atoms. The molecule has 117 heavy (non-hydrogen) atoms. The van der Waals surface area contributed by atoms with Crippen molar-refractivity contribution in [3.63, 3.8) is 0 Å². The Morgan fingerprint density at radius 3 is 1.44 bits per heavy atom. The second kappa shape index (κ2) is 47.9. The minimum absolute atomic E-state index is 0. The van der Waals surface area contributed by atoms with Gasteiger partial charge in [-0.05, 0) is 168 Å². The monoisotopic (exact) mass is 1820 g/mol. The van der Waals surface area contributed by atoms with Crippen molar-refractivity contribution in [1.82, 2.24) is 0 Å². The maximum atomic E-state index is 14.7. The first-order valence-corrected chi connectivity index (χ1v) is 45.8. The van der Waals surface area contributed by atoms with Crippen LogP contribution in [0.1, 0.15) is 119 Å². The van der Waals surface area contributed by atoms with E-state index in [-0.39, 0.29) is 205 Å². The number of allylic oxidation sites excluding steroid dienone is 8. The summed E-state index contributed by atoms with van der Waals surface area (Å²) in [5, 5.41) is 114. The molecule has 0 amide bonds. The summed E-state index contributed by atoms with van der Waals surface area (Å²) in [7, 11) is 12.7. The maximum Gasteiger partial charge on any atom is 1.00 e. The number of furan rings is 3. The summed E-state index contributed by atoms with van der Waals surface area (Å²) in [5.41, 5.74) is 10.7. The zero-order valence-corrected chi connectivity index (χ0v) is 78.3. The molecule has 0 bridgehead atoms. The van der Waals surface area contributed by atoms with Gasteiger partial charge < -0.3 is 85.4 Å². The number of fused-ring (bicyclic) bond motifs is 3. The van der Waals surface area contributed by atoms with Crippen molar-refractivity contribution in [2.45, 2.75) is 87.5 Å². The molecule has 3 atom stereocenters. The average Bonchev–Trinajstić information content (AvgIpc) is 0.962. The van der Waals surface area contributed by atoms with Crippen molar-refractivity contribution in [3.8, 4) is 103 Å². The number of hydrogen-bond acceptors (Lipinski definition) is 23. The van der Waals surface area contributed by atoms with Gasteiger partial charge in [0.25, 0.3) is 6.47 Å². The Morgan fingerprint density at radius 1 is 0.530 bits per heavy atom. The summed E-state index contributed by atoms with van der Waals surface area (Å²) in [6.45, 7) is 21.6. The summed E-state index contributed by atoms with van der Waals surface area (Å²) in [6.07, 6.45) is 11.9. The predicted octanol–water partition coefficient (Wildman–Crippen LogP) is 12.1. The third-order valence-electron chi connectivity index (χ3n) is 16.8. The van der Waals surface area contributed by atoms with Crippen LogP contribution in [-0.4, -0.2) is 75.3 Å². The van der Waals surface area contributed by atoms with Crippen molar-refractivity contribution < 1.29 is 207 Å². The quantitative estimate of drug-likeness (QED) is 0.00494. The first-order valence-electron chi connectivity index (χ1n) is 33.8. The second-order valence-electron chi connectivity index (χ2n) is 25.9. The molecule has 3 heterocycles. The fraction of sp³-hybridized carbons (Fsp3) is 0.167. The van der Waals surface area contributed by atoms with Gasteiger partial charge in [-0.1, -0.05) is 85.4 Å². The van der Waals surface area contributed by atoms with E-state index in [0.29, 0.717) is 73.6 Å². The molecule has 11 aromatic rings. The molecule has 0 aliphatic heterocycles. The van der Waals surface area contributed by atoms with E-state index >= 15 is 0 Å². The van der Waals surface area contributed by atoms with Crippen molar-refractivity contribution in [2.24, 2.45) is 5.92 Å². The first-order chi connectivity index (χ1) is 54.3. The van der Waals surface area contributed by atoms with E-state index in [1.54, 1.807) is 108 Å². The Labute approximate surface area is 793 Å². The molecular weight excluding hydrogens is 1740 g/mol. The standard InChI is InChI=1S/C39H36O9.C24H22O5.C19H16O4.CH2O3.CH4.2K.S10.H/c1-19(2)4-6-27-32(43)9-8-28(38(27)46)39(47)37-30(26-7-5-23(40)17-33(26)44)10-20(3)11-31(37)29-14-22-15-35(48-36(22)18-34(29)45)21-12-24(41)16-25(42)13-21;1-14(2)6-7-18-9-19-12-24(29-23(19)8-15(18)3)20-10-21(27-16(4)25)13-22(11-20)28-17(5)26;1-11(2)3-4-12-5-13-8-18(23-19(13)10-17(12)22)14-6-15(20)9-16(21)7-14;2-1-4-3;;;;1-3-5-7-9-10-8-6-4-2;/h4-5,7-9,11-18,30-31,37,40-46H,6,10H2,1-3H3;6-13H,1H2,2-5H3;3-10,20-22H,1H2,2H3;1,3H;1H4;;;;/q;;;;;2*+1;;-1/p-1/b;7-6+;4-3+;;;;;;/t30-,31-,37-;;;;;;;;/m1......../s1. The first kappa shape index (κ1) is 99.9. The smallest absolute Gasteiger partial charge is 1.00 e. The van der Waals surface area contributed by atoms with Gasteiger partial charge in [0.2, 0.25) is 0 Å². The van der Waals surface area contributed by atoms with Crippen LogP contribution in [0.3, 0.4) is 0 Å². The fourth-order valence-corrected chi connectivity index (χ4v) is 28.5. The number of carbonyl (C=O) groups is 4. The fourth-order valence-electron chi connectivity index (χ4n) is 12.1. The molecule has 604 valence electrons. The summed E-state index contributed by atoms with van der Waals surface area (Å²) in [6, 6.07) is 36.0. The van der Waals surface area contributed by atoms with Gasteiger partial charge in [0.15, 0.2) is 5.78 Å². The predicted molar refractivity (Wildman–Crippen MR) is 473 cm³/mol. The molecule has 33 heteroatoms. The topological polar surface area (TPSA) is 361 Å². The van der Waals surface area contributed by atoms with E-state index < -0.39 is 35.5 Å². The van der Waals surface area contributed by atoms with Crippen LogP contribution in [0, 0.1) is 12.8 Å². The largest absolute Gasteiger partial charge is 1.00 e. The van der Waals surface area contributed by atoms with Crippen LogP contribution in [-0.2, 0) is 119 Å². The van der Waals surface area contributed by atoms with Gasteiger partial charge in [0.1, 0.15) is 103 Å². The number of ketones is 1. The minimum atomic E-state index is -0.950. The summed E-state index contributed by atoms with van der Waals surface area (Å²) in [5.74, 6) is -3.05. The molecule has 3 aromatic heterocycles. The summed E-state index contributed by atoms with van der Waals surface area (Å²) < 4.78 is 28.0. The number of esters is 2. The number of hydrogen-bond donors (Lipinski definition) is 10. The molecular formula is C84H80K2O21S10. The van der Waals surface area contributed by atoms with E-state index in [2.05, 4.69) is 40.4 Å². The third kappa shape index (κ3) is 29.1. The molecule has 0 saturated heterocycles. The minimum Gasteiger partial charge on any atom is -1.00 e. The number of phenols is 10. The van der Waals surface area contributed by atoms with Crippen LogP contribution in [0.15, 0.2) is 213 Å². The Morgan fingerprint density at radius 2 is 0.974 bits per heavy atom. The molecule has 0 fully saturated rings. The van der Waals surface area contributed by atoms with Crippen LogP contribution in [0.2, 0.25) is 0 Å². The molecule has 21 nitrogen and oxygen atoms in total. The van der Waals surface area contributed by atoms with Crippen molar-refractivity contribution in [3.05, 3.63) is 238 Å². The molecule has 0 unspecified atom stereocenters. The van der Waals surface area contributed by atoms with E-state index in [4.69, 9.17) is 32.8 Å². The summed E-state index contributed by atoms with van der Waals surface area (Å²) >= 11 is 9.31. The van der Waals surface area contributed by atoms with Crippen molar-refractivity contribution in [2.75, 3.05) is 0 Å². The van der Waals surface area contributed by atoms with E-state index in [1.807, 2.05) is 90.1 Å². The molecule has 1 aliphatic carbocycles. The average molecular weight is 1820 g/mol. The molecule has 8 aromatic carbocycles. The zero-order valence-electron chi connectivity index (χ0n) is 64.9. The Balaban J connectivity index is 0.000000358. The number of phenolic OH excluding ortho intramolecular Hbond substituents is 10. The number of rotatable bonds is 16. The second-order valence-corrected chi connectivity index (χ2v) is 40.0. The normalized spacial score (nSPS) is 13.0. The van der Waals surface area contributed by atoms with Crippen LogP contribution in [0.4, 0.5) is 0 Å². The van der Waals surface area contributed by atoms with E-state index in [9.17, 15) is 65.4 Å². The van der Waals surface area contributed by atoms with Crippen LogP contribution >= 0.6 is 0 Å². The van der Waals surface area contributed by atoms with Gasteiger partial charge in [-0.3, -0.25) is 19.2 Å². The Bertz CT molecular complexity index is 5980. The van der Waals surface area contributed by atoms with Gasteiger partial charge in [-0.15, -0.1) is 0 Å². The molecule has 0 saturated carbocycles. The number of aromatic hydroxyl groups is 10. The van der Waals surface area contributed by atoms with E-state index in [0.717, 1.165) is 49.8 Å². The van der Waals surface area contributed by atoms with Crippen LogP contribution in [0.25, 0.3) is 79.0 Å². The Kier molecular flexibility index (Phi) is 40.9. The van der Waals surface area contributed by atoms with Crippen molar-refractivity contribution in [1.29, 1.82) is 0 Å². The number of aryl methyl sites for hydroxylation is 1. The van der Waals surface area contributed by atoms with Gasteiger partial charge >= 0.3 is 115 Å². The number of benzene rings is 8. The molecule has 10 N–H and O–H groups in total. The number of Topliss-reactive ketones (excluding diaryl/α,β-unsaturated/α-hetero) is 1. The van der Waals surface area contributed by atoms with Gasteiger partial charge in [-0.2, -0.15) is 0 Å². The Hall–Kier alpha value is -7.67. The number of carbonyl (C=O) groups excluding carboxylic acids is 4. The molecule has 0 radical (unpaired) electrons.